The number of ether oxygens (including phenoxy) is 2. The number of aromatic nitrogens is 3. The van der Waals surface area contributed by atoms with E-state index in [-0.39, 0.29) is 18.1 Å². The van der Waals surface area contributed by atoms with Crippen LogP contribution in [0.3, 0.4) is 0 Å². The van der Waals surface area contributed by atoms with E-state index >= 15 is 0 Å². The van der Waals surface area contributed by atoms with Gasteiger partial charge in [-0.2, -0.15) is 5.10 Å². The fraction of sp³-hybridized carbons (Fsp3) is 0.778. The van der Waals surface area contributed by atoms with E-state index in [2.05, 4.69) is 15.2 Å². The number of nitrogens with zero attached hydrogens (tertiary/aromatic N) is 2. The fourth-order valence-electron chi connectivity index (χ4n) is 2.01. The number of nitrogens with one attached hydrogen (secondary N) is 1. The third-order valence-electron chi connectivity index (χ3n) is 2.73. The van der Waals surface area contributed by atoms with Crippen LogP contribution in [0.5, 0.6) is 0 Å². The SMILES string of the molecule is COC1C(C)OCCC1c1ncn[nH]1. The van der Waals surface area contributed by atoms with E-state index in [1.54, 1.807) is 7.11 Å². The van der Waals surface area contributed by atoms with E-state index in [0.717, 1.165) is 18.9 Å². The smallest absolute Gasteiger partial charge is 0.137 e. The molecule has 0 amide bonds. The summed E-state index contributed by atoms with van der Waals surface area (Å²) in [7, 11) is 1.71. The van der Waals surface area contributed by atoms with Gasteiger partial charge in [-0.15, -0.1) is 0 Å². The first-order valence-electron chi connectivity index (χ1n) is 4.82. The quantitative estimate of drug-likeness (QED) is 0.758. The molecule has 3 unspecified atom stereocenters. The maximum atomic E-state index is 5.52. The molecule has 0 spiro atoms. The number of aromatic amines is 1. The van der Waals surface area contributed by atoms with E-state index in [0.29, 0.717) is 0 Å². The van der Waals surface area contributed by atoms with Crippen LogP contribution < -0.4 is 0 Å². The van der Waals surface area contributed by atoms with Crippen LogP contribution in [0.15, 0.2) is 6.33 Å². The molecular weight excluding hydrogens is 182 g/mol. The van der Waals surface area contributed by atoms with Crippen molar-refractivity contribution in [3.8, 4) is 0 Å². The summed E-state index contributed by atoms with van der Waals surface area (Å²) in [5.41, 5.74) is 0. The van der Waals surface area contributed by atoms with Gasteiger partial charge in [-0.25, -0.2) is 4.98 Å². The van der Waals surface area contributed by atoms with Crippen LogP contribution in [-0.2, 0) is 9.47 Å². The zero-order valence-corrected chi connectivity index (χ0v) is 8.43. The van der Waals surface area contributed by atoms with Crippen molar-refractivity contribution in [2.75, 3.05) is 13.7 Å². The van der Waals surface area contributed by atoms with Crippen LogP contribution >= 0.6 is 0 Å². The summed E-state index contributed by atoms with van der Waals surface area (Å²) in [6, 6.07) is 0. The molecule has 1 saturated heterocycles. The predicted octanol–water partition coefficient (Wildman–Crippen LogP) is 0.712. The van der Waals surface area contributed by atoms with Gasteiger partial charge in [-0.1, -0.05) is 0 Å². The molecule has 2 heterocycles. The number of H-pyrrole nitrogens is 1. The van der Waals surface area contributed by atoms with E-state index in [1.165, 1.54) is 6.33 Å². The first kappa shape index (κ1) is 9.61. The number of hydrogen-bond acceptors (Lipinski definition) is 4. The molecule has 1 aromatic rings. The number of hydrogen-bond donors (Lipinski definition) is 1. The van der Waals surface area contributed by atoms with Crippen molar-refractivity contribution in [3.63, 3.8) is 0 Å². The lowest BCUT2D eigenvalue weighted by Crippen LogP contribution is -2.39. The molecule has 0 radical (unpaired) electrons. The highest BCUT2D eigenvalue weighted by atomic mass is 16.5. The highest BCUT2D eigenvalue weighted by Gasteiger charge is 2.34. The maximum Gasteiger partial charge on any atom is 0.137 e. The van der Waals surface area contributed by atoms with E-state index in [9.17, 15) is 0 Å². The van der Waals surface area contributed by atoms with Gasteiger partial charge < -0.3 is 9.47 Å². The second-order valence-corrected chi connectivity index (χ2v) is 3.54. The molecule has 5 heteroatoms. The Kier molecular flexibility index (Phi) is 2.79. The molecule has 78 valence electrons. The van der Waals surface area contributed by atoms with Crippen LogP contribution in [0.1, 0.15) is 25.1 Å². The summed E-state index contributed by atoms with van der Waals surface area (Å²) in [5.74, 6) is 1.17. The fourth-order valence-corrected chi connectivity index (χ4v) is 2.01. The Balaban J connectivity index is 2.16. The Hall–Kier alpha value is -0.940. The third kappa shape index (κ3) is 1.65. The summed E-state index contributed by atoms with van der Waals surface area (Å²) in [4.78, 5) is 4.17. The van der Waals surface area contributed by atoms with Crippen molar-refractivity contribution in [1.29, 1.82) is 0 Å². The highest BCUT2D eigenvalue weighted by Crippen LogP contribution is 2.29. The Bertz CT molecular complexity index is 276. The van der Waals surface area contributed by atoms with Crippen molar-refractivity contribution >= 4 is 0 Å². The molecule has 2 rings (SSSR count). The molecule has 0 aromatic carbocycles. The van der Waals surface area contributed by atoms with Crippen LogP contribution in [-0.4, -0.2) is 41.1 Å². The first-order valence-corrected chi connectivity index (χ1v) is 4.82. The van der Waals surface area contributed by atoms with Gasteiger partial charge in [0, 0.05) is 19.6 Å². The van der Waals surface area contributed by atoms with Gasteiger partial charge in [0.2, 0.25) is 0 Å². The van der Waals surface area contributed by atoms with Gasteiger partial charge in [-0.05, 0) is 13.3 Å². The highest BCUT2D eigenvalue weighted by molar-refractivity contribution is 5.01. The van der Waals surface area contributed by atoms with Crippen LogP contribution in [0, 0.1) is 0 Å². The van der Waals surface area contributed by atoms with E-state index in [4.69, 9.17) is 9.47 Å². The predicted molar refractivity (Wildman–Crippen MR) is 50.0 cm³/mol. The van der Waals surface area contributed by atoms with Crippen LogP contribution in [0.4, 0.5) is 0 Å². The summed E-state index contributed by atoms with van der Waals surface area (Å²) in [5, 5.41) is 6.75. The molecule has 0 bridgehead atoms. The lowest BCUT2D eigenvalue weighted by Gasteiger charge is -2.34. The van der Waals surface area contributed by atoms with Crippen LogP contribution in [0.25, 0.3) is 0 Å². The normalized spacial score (nSPS) is 33.1. The zero-order valence-electron chi connectivity index (χ0n) is 8.43. The maximum absolute atomic E-state index is 5.52. The molecular formula is C9H15N3O2. The molecule has 1 aromatic heterocycles. The second kappa shape index (κ2) is 4.06. The summed E-state index contributed by atoms with van der Waals surface area (Å²) < 4.78 is 10.9. The zero-order chi connectivity index (χ0) is 9.97. The van der Waals surface area contributed by atoms with Crippen LogP contribution in [0.2, 0.25) is 0 Å². The van der Waals surface area contributed by atoms with Gasteiger partial charge in [0.25, 0.3) is 0 Å². The molecule has 1 fully saturated rings. The van der Waals surface area contributed by atoms with Crippen molar-refractivity contribution in [2.24, 2.45) is 0 Å². The minimum Gasteiger partial charge on any atom is -0.378 e. The minimum absolute atomic E-state index is 0.0664. The molecule has 5 nitrogen and oxygen atoms in total. The molecule has 0 aliphatic carbocycles. The standard InChI is InChI=1S/C9H15N3O2/c1-6-8(13-2)7(3-4-14-6)9-10-5-11-12-9/h5-8H,3-4H2,1-2H3,(H,10,11,12). The third-order valence-corrected chi connectivity index (χ3v) is 2.73. The monoisotopic (exact) mass is 197 g/mol. The molecule has 1 N–H and O–H groups in total. The van der Waals surface area contributed by atoms with Gasteiger partial charge >= 0.3 is 0 Å². The van der Waals surface area contributed by atoms with Gasteiger partial charge in [0.15, 0.2) is 0 Å². The summed E-state index contributed by atoms with van der Waals surface area (Å²) in [6.45, 7) is 2.78. The largest absolute Gasteiger partial charge is 0.378 e. The Morgan fingerprint density at radius 1 is 1.64 bits per heavy atom. The van der Waals surface area contributed by atoms with E-state index in [1.807, 2.05) is 6.92 Å². The van der Waals surface area contributed by atoms with Crippen molar-refractivity contribution in [1.82, 2.24) is 15.2 Å². The van der Waals surface area contributed by atoms with Gasteiger partial charge in [-0.3, -0.25) is 5.10 Å². The average Bonchev–Trinajstić information content (AvgIpc) is 2.70. The minimum atomic E-state index is 0.0664. The Labute approximate surface area is 82.8 Å². The van der Waals surface area contributed by atoms with Crippen molar-refractivity contribution < 1.29 is 9.47 Å². The summed E-state index contributed by atoms with van der Waals surface area (Å²) >= 11 is 0. The van der Waals surface area contributed by atoms with Gasteiger partial charge in [0.1, 0.15) is 12.2 Å². The van der Waals surface area contributed by atoms with Crippen molar-refractivity contribution in [2.45, 2.75) is 31.5 Å². The topological polar surface area (TPSA) is 60.0 Å². The molecule has 3 atom stereocenters. The Morgan fingerprint density at radius 3 is 3.14 bits per heavy atom. The average molecular weight is 197 g/mol. The number of methoxy groups -OCH3 is 1. The van der Waals surface area contributed by atoms with E-state index < -0.39 is 0 Å². The summed E-state index contributed by atoms with van der Waals surface area (Å²) in [6.07, 6.45) is 2.64. The van der Waals surface area contributed by atoms with Crippen molar-refractivity contribution in [3.05, 3.63) is 12.2 Å². The number of rotatable bonds is 2. The Morgan fingerprint density at radius 2 is 2.50 bits per heavy atom. The first-order chi connectivity index (χ1) is 6.83. The molecule has 0 saturated carbocycles. The van der Waals surface area contributed by atoms with Gasteiger partial charge in [0.05, 0.1) is 12.2 Å². The molecule has 1 aliphatic rings. The second-order valence-electron chi connectivity index (χ2n) is 3.54. The molecule has 1 aliphatic heterocycles. The lowest BCUT2D eigenvalue weighted by molar-refractivity contribution is -0.0950. The lowest BCUT2D eigenvalue weighted by atomic mass is 9.92. The molecule has 14 heavy (non-hydrogen) atoms.